The molecule has 0 radical (unpaired) electrons. The molecule has 8 nitrogen and oxygen atoms in total. The highest BCUT2D eigenvalue weighted by atomic mass is 16.5. The van der Waals surface area contributed by atoms with Crippen molar-refractivity contribution in [2.75, 3.05) is 38.3 Å². The Hall–Kier alpha value is -3.29. The van der Waals surface area contributed by atoms with Gasteiger partial charge >= 0.3 is 5.97 Å². The van der Waals surface area contributed by atoms with Crippen LogP contribution >= 0.6 is 0 Å². The van der Waals surface area contributed by atoms with Gasteiger partial charge in [-0.05, 0) is 85.5 Å². The second-order valence-corrected chi connectivity index (χ2v) is 13.3. The Morgan fingerprint density at radius 1 is 1.07 bits per heavy atom. The topological polar surface area (TPSA) is 92.2 Å². The number of nitrogens with zero attached hydrogens (tertiary/aromatic N) is 3. The number of carboxylic acid groups (broad SMARTS) is 1. The standard InChI is InChI=1S/C33H45N3O5/c1-33(2,3)21-36(25-7-8-25)32(39)27-10-9-26(40-4)18-29(27)35-15-12-22(13-16-35)20-41-30-17-24(11-14-34-30)28(19-31(37)38)23-5-6-23/h9-11,14,17-18,22-23,25,28H,5-8,12-13,15-16,19-21H2,1-4H3,(H,37,38). The van der Waals surface area contributed by atoms with E-state index in [0.717, 1.165) is 80.7 Å². The summed E-state index contributed by atoms with van der Waals surface area (Å²) < 4.78 is 11.7. The van der Waals surface area contributed by atoms with Crippen LogP contribution < -0.4 is 14.4 Å². The monoisotopic (exact) mass is 563 g/mol. The van der Waals surface area contributed by atoms with Gasteiger partial charge in [0.15, 0.2) is 0 Å². The molecule has 1 saturated heterocycles. The summed E-state index contributed by atoms with van der Waals surface area (Å²) in [6, 6.07) is 10.0. The summed E-state index contributed by atoms with van der Waals surface area (Å²) in [5.74, 6) is 1.54. The van der Waals surface area contributed by atoms with Crippen LogP contribution in [0.3, 0.4) is 0 Å². The highest BCUT2D eigenvalue weighted by Gasteiger charge is 2.37. The van der Waals surface area contributed by atoms with E-state index in [2.05, 4.69) is 35.6 Å². The summed E-state index contributed by atoms with van der Waals surface area (Å²) >= 11 is 0. The molecule has 1 N–H and O–H groups in total. The van der Waals surface area contributed by atoms with Gasteiger partial charge in [-0.3, -0.25) is 9.59 Å². The predicted molar refractivity (Wildman–Crippen MR) is 159 cm³/mol. The van der Waals surface area contributed by atoms with Crippen molar-refractivity contribution in [2.24, 2.45) is 17.3 Å². The largest absolute Gasteiger partial charge is 0.497 e. The quantitative estimate of drug-likeness (QED) is 0.338. The molecule has 2 aliphatic carbocycles. The molecule has 0 spiro atoms. The van der Waals surface area contributed by atoms with Gasteiger partial charge in [-0.2, -0.15) is 0 Å². The zero-order valence-electron chi connectivity index (χ0n) is 25.0. The number of aromatic nitrogens is 1. The van der Waals surface area contributed by atoms with Crippen molar-refractivity contribution < 1.29 is 24.2 Å². The second kappa shape index (κ2) is 12.3. The molecule has 0 bridgehead atoms. The van der Waals surface area contributed by atoms with Crippen LogP contribution in [0.4, 0.5) is 5.69 Å². The van der Waals surface area contributed by atoms with Crippen molar-refractivity contribution in [1.82, 2.24) is 9.88 Å². The van der Waals surface area contributed by atoms with Crippen LogP contribution in [-0.2, 0) is 4.79 Å². The van der Waals surface area contributed by atoms with Gasteiger partial charge in [0.2, 0.25) is 5.88 Å². The summed E-state index contributed by atoms with van der Waals surface area (Å²) in [6.07, 6.45) is 8.11. The number of ether oxygens (including phenoxy) is 2. The van der Waals surface area contributed by atoms with Crippen LogP contribution in [0, 0.1) is 17.3 Å². The molecule has 1 amide bonds. The van der Waals surface area contributed by atoms with E-state index >= 15 is 0 Å². The number of amides is 1. The molecule has 1 aromatic heterocycles. The van der Waals surface area contributed by atoms with E-state index in [0.29, 0.717) is 30.4 Å². The van der Waals surface area contributed by atoms with Gasteiger partial charge in [0, 0.05) is 44.0 Å². The maximum atomic E-state index is 13.9. The normalized spacial score (nSPS) is 18.6. The lowest BCUT2D eigenvalue weighted by Crippen LogP contribution is -2.41. The van der Waals surface area contributed by atoms with Gasteiger partial charge in [-0.1, -0.05) is 20.8 Å². The molecule has 1 aliphatic heterocycles. The summed E-state index contributed by atoms with van der Waals surface area (Å²) in [7, 11) is 1.66. The predicted octanol–water partition coefficient (Wildman–Crippen LogP) is 6.00. The Labute approximate surface area is 244 Å². The molecule has 1 unspecified atom stereocenters. The first-order valence-corrected chi connectivity index (χ1v) is 15.2. The number of rotatable bonds is 12. The zero-order valence-corrected chi connectivity index (χ0v) is 25.0. The van der Waals surface area contributed by atoms with Crippen LogP contribution in [0.1, 0.15) is 87.6 Å². The lowest BCUT2D eigenvalue weighted by Gasteiger charge is -2.36. The summed E-state index contributed by atoms with van der Waals surface area (Å²) in [4.78, 5) is 34.1. The van der Waals surface area contributed by atoms with Crippen LogP contribution in [-0.4, -0.2) is 66.3 Å². The van der Waals surface area contributed by atoms with Crippen LogP contribution in [0.15, 0.2) is 36.5 Å². The van der Waals surface area contributed by atoms with Gasteiger partial charge in [-0.15, -0.1) is 0 Å². The Balaban J connectivity index is 1.22. The number of anilines is 1. The third-order valence-electron chi connectivity index (χ3n) is 8.52. The van der Waals surface area contributed by atoms with Crippen molar-refractivity contribution >= 4 is 17.6 Å². The molecule has 1 atom stereocenters. The molecular weight excluding hydrogens is 518 g/mol. The van der Waals surface area contributed by atoms with Crippen molar-refractivity contribution in [1.29, 1.82) is 0 Å². The van der Waals surface area contributed by atoms with Crippen molar-refractivity contribution in [2.45, 2.75) is 77.7 Å². The van der Waals surface area contributed by atoms with Gasteiger partial charge in [0.25, 0.3) is 5.91 Å². The first-order chi connectivity index (χ1) is 19.6. The van der Waals surface area contributed by atoms with E-state index in [4.69, 9.17) is 9.47 Å². The fourth-order valence-corrected chi connectivity index (χ4v) is 6.02. The summed E-state index contributed by atoms with van der Waals surface area (Å²) in [5.41, 5.74) is 2.75. The van der Waals surface area contributed by atoms with Gasteiger partial charge in [0.1, 0.15) is 5.75 Å². The number of hydrogen-bond acceptors (Lipinski definition) is 6. The van der Waals surface area contributed by atoms with Crippen LogP contribution in [0.5, 0.6) is 11.6 Å². The van der Waals surface area contributed by atoms with Crippen LogP contribution in [0.2, 0.25) is 0 Å². The Kier molecular flexibility index (Phi) is 8.76. The average Bonchev–Trinajstić information content (AvgIpc) is 3.87. The van der Waals surface area contributed by atoms with Crippen molar-refractivity contribution in [3.8, 4) is 11.6 Å². The number of carboxylic acids is 1. The number of hydrogen-bond donors (Lipinski definition) is 1. The number of carbonyl (C=O) groups is 2. The fourth-order valence-electron chi connectivity index (χ4n) is 6.02. The van der Waals surface area contributed by atoms with Gasteiger partial charge in [0.05, 0.1) is 31.4 Å². The van der Waals surface area contributed by atoms with E-state index in [-0.39, 0.29) is 23.7 Å². The first-order valence-electron chi connectivity index (χ1n) is 15.2. The van der Waals surface area contributed by atoms with E-state index in [1.165, 1.54) is 0 Å². The maximum absolute atomic E-state index is 13.9. The SMILES string of the molecule is COc1ccc(C(=O)N(CC(C)(C)C)C2CC2)c(N2CCC(COc3cc(C(CC(=O)O)C4CC4)ccn3)CC2)c1. The Morgan fingerprint density at radius 3 is 2.41 bits per heavy atom. The third kappa shape index (κ3) is 7.72. The third-order valence-corrected chi connectivity index (χ3v) is 8.52. The first kappa shape index (κ1) is 29.2. The van der Waals surface area contributed by atoms with E-state index < -0.39 is 5.97 Å². The lowest BCUT2D eigenvalue weighted by atomic mass is 9.92. The summed E-state index contributed by atoms with van der Waals surface area (Å²) in [5, 5.41) is 9.37. The van der Waals surface area contributed by atoms with E-state index in [1.807, 2.05) is 30.3 Å². The molecule has 2 saturated carbocycles. The van der Waals surface area contributed by atoms with E-state index in [1.54, 1.807) is 13.3 Å². The van der Waals surface area contributed by atoms with Crippen LogP contribution in [0.25, 0.3) is 0 Å². The molecule has 5 rings (SSSR count). The number of aliphatic carboxylic acids is 1. The minimum atomic E-state index is -0.761. The number of benzene rings is 1. The number of piperidine rings is 1. The lowest BCUT2D eigenvalue weighted by molar-refractivity contribution is -0.137. The van der Waals surface area contributed by atoms with Crippen molar-refractivity contribution in [3.63, 3.8) is 0 Å². The Morgan fingerprint density at radius 2 is 1.80 bits per heavy atom. The number of carbonyl (C=O) groups excluding carboxylic acids is 1. The molecule has 8 heteroatoms. The number of methoxy groups -OCH3 is 1. The number of pyridine rings is 1. The molecule has 3 fully saturated rings. The molecular formula is C33H45N3O5. The smallest absolute Gasteiger partial charge is 0.303 e. The maximum Gasteiger partial charge on any atom is 0.303 e. The molecule has 2 aromatic rings. The average molecular weight is 564 g/mol. The Bertz CT molecular complexity index is 1230. The molecule has 222 valence electrons. The second-order valence-electron chi connectivity index (χ2n) is 13.3. The highest BCUT2D eigenvalue weighted by Crippen LogP contribution is 2.45. The molecule has 41 heavy (non-hydrogen) atoms. The minimum absolute atomic E-state index is 0.0279. The fraction of sp³-hybridized carbons (Fsp3) is 0.606. The van der Waals surface area contributed by atoms with Gasteiger partial charge in [-0.25, -0.2) is 4.98 Å². The zero-order chi connectivity index (χ0) is 29.1. The minimum Gasteiger partial charge on any atom is -0.497 e. The molecule has 2 heterocycles. The van der Waals surface area contributed by atoms with Gasteiger partial charge < -0.3 is 24.4 Å². The molecule has 1 aromatic carbocycles. The van der Waals surface area contributed by atoms with Crippen molar-refractivity contribution in [3.05, 3.63) is 47.7 Å². The highest BCUT2D eigenvalue weighted by molar-refractivity contribution is 6.00. The molecule has 3 aliphatic rings. The van der Waals surface area contributed by atoms with E-state index in [9.17, 15) is 14.7 Å². The summed E-state index contributed by atoms with van der Waals surface area (Å²) in [6.45, 7) is 9.54.